The summed E-state index contributed by atoms with van der Waals surface area (Å²) < 4.78 is 0. The smallest absolute Gasteiger partial charge is 0.225 e. The maximum absolute atomic E-state index is 12.3. The van der Waals surface area contributed by atoms with E-state index < -0.39 is 0 Å². The van der Waals surface area contributed by atoms with E-state index in [2.05, 4.69) is 29.5 Å². The number of hydrogen-bond acceptors (Lipinski definition) is 4. The van der Waals surface area contributed by atoms with Crippen LogP contribution in [0.25, 0.3) is 0 Å². The molecule has 2 heterocycles. The molecule has 1 amide bonds. The van der Waals surface area contributed by atoms with Gasteiger partial charge in [-0.05, 0) is 32.7 Å². The second kappa shape index (κ2) is 8.82. The summed E-state index contributed by atoms with van der Waals surface area (Å²) in [7, 11) is 0. The molecule has 2 unspecified atom stereocenters. The quantitative estimate of drug-likeness (QED) is 0.886. The van der Waals surface area contributed by atoms with Gasteiger partial charge in [0.1, 0.15) is 5.01 Å². The van der Waals surface area contributed by atoms with E-state index in [9.17, 15) is 4.79 Å². The predicted octanol–water partition coefficient (Wildman–Crippen LogP) is 2.73. The molecule has 0 aliphatic carbocycles. The van der Waals surface area contributed by atoms with E-state index in [4.69, 9.17) is 0 Å². The highest BCUT2D eigenvalue weighted by atomic mass is 35.5. The van der Waals surface area contributed by atoms with Crippen LogP contribution in [0.3, 0.4) is 0 Å². The first-order valence-electron chi connectivity index (χ1n) is 6.58. The number of carbonyl (C=O) groups is 1. The molecule has 1 aliphatic rings. The predicted molar refractivity (Wildman–Crippen MR) is 88.0 cm³/mol. The molecule has 1 saturated heterocycles. The lowest BCUT2D eigenvalue weighted by atomic mass is 9.94. The molecule has 1 aromatic heterocycles. The first kappa shape index (κ1) is 19.6. The van der Waals surface area contributed by atoms with Gasteiger partial charge in [0.25, 0.3) is 0 Å². The van der Waals surface area contributed by atoms with E-state index >= 15 is 0 Å². The van der Waals surface area contributed by atoms with E-state index in [-0.39, 0.29) is 42.2 Å². The topological polar surface area (TPSA) is 54.0 Å². The standard InChI is InChI=1S/C13H21N3OS.2ClH/c1-3-13(2,12-15-7-8-18-12)16-11(17)10-5-4-6-14-9-10;;/h7-8,10,14H,3-6,9H2,1-2H3,(H,16,17);2*1H. The highest BCUT2D eigenvalue weighted by molar-refractivity contribution is 7.09. The van der Waals surface area contributed by atoms with Gasteiger partial charge in [-0.1, -0.05) is 6.92 Å². The van der Waals surface area contributed by atoms with Crippen molar-refractivity contribution >= 4 is 42.1 Å². The Morgan fingerprint density at radius 1 is 1.60 bits per heavy atom. The number of rotatable bonds is 4. The van der Waals surface area contributed by atoms with Gasteiger partial charge in [-0.15, -0.1) is 36.2 Å². The number of nitrogens with one attached hydrogen (secondary N) is 2. The number of carbonyl (C=O) groups excluding carboxylic acids is 1. The van der Waals surface area contributed by atoms with Crippen molar-refractivity contribution in [3.05, 3.63) is 16.6 Å². The molecule has 20 heavy (non-hydrogen) atoms. The zero-order chi connectivity index (χ0) is 13.0. The van der Waals surface area contributed by atoms with Crippen LogP contribution in [0.4, 0.5) is 0 Å². The van der Waals surface area contributed by atoms with E-state index in [1.807, 2.05) is 5.38 Å². The number of nitrogens with zero attached hydrogens (tertiary/aromatic N) is 1. The van der Waals surface area contributed by atoms with Gasteiger partial charge in [-0.25, -0.2) is 4.98 Å². The third kappa shape index (κ3) is 4.58. The van der Waals surface area contributed by atoms with E-state index in [1.54, 1.807) is 17.5 Å². The molecule has 0 aromatic carbocycles. The van der Waals surface area contributed by atoms with E-state index in [1.165, 1.54) is 0 Å². The molecule has 2 N–H and O–H groups in total. The summed E-state index contributed by atoms with van der Waals surface area (Å²) in [5.74, 6) is 0.256. The lowest BCUT2D eigenvalue weighted by Crippen LogP contribution is -2.48. The van der Waals surface area contributed by atoms with Gasteiger partial charge in [-0.2, -0.15) is 0 Å². The monoisotopic (exact) mass is 339 g/mol. The summed E-state index contributed by atoms with van der Waals surface area (Å²) in [4.78, 5) is 16.6. The van der Waals surface area contributed by atoms with Gasteiger partial charge < -0.3 is 10.6 Å². The van der Waals surface area contributed by atoms with E-state index in [0.717, 1.165) is 37.4 Å². The average molecular weight is 340 g/mol. The SMILES string of the molecule is CCC(C)(NC(=O)C1CCCNC1)c1nccs1.Cl.Cl. The fourth-order valence-electron chi connectivity index (χ4n) is 2.24. The van der Waals surface area contributed by atoms with Crippen molar-refractivity contribution in [2.24, 2.45) is 5.92 Å². The van der Waals surface area contributed by atoms with Crippen molar-refractivity contribution in [2.75, 3.05) is 13.1 Å². The molecule has 0 spiro atoms. The van der Waals surface area contributed by atoms with Gasteiger partial charge in [-0.3, -0.25) is 4.79 Å². The molecule has 0 saturated carbocycles. The second-order valence-electron chi connectivity index (χ2n) is 5.06. The summed E-state index contributed by atoms with van der Waals surface area (Å²) in [6.07, 6.45) is 4.71. The van der Waals surface area contributed by atoms with Crippen LogP contribution in [0.15, 0.2) is 11.6 Å². The normalized spacial score (nSPS) is 21.0. The molecule has 1 aliphatic heterocycles. The lowest BCUT2D eigenvalue weighted by Gasteiger charge is -2.31. The van der Waals surface area contributed by atoms with Crippen LogP contribution in [-0.2, 0) is 10.3 Å². The molecule has 1 aromatic rings. The van der Waals surface area contributed by atoms with Gasteiger partial charge in [0, 0.05) is 18.1 Å². The number of halogens is 2. The minimum atomic E-state index is -0.331. The number of aromatic nitrogens is 1. The molecule has 0 radical (unpaired) electrons. The number of hydrogen-bond donors (Lipinski definition) is 2. The van der Waals surface area contributed by atoms with Crippen molar-refractivity contribution in [2.45, 2.75) is 38.6 Å². The maximum atomic E-state index is 12.3. The largest absolute Gasteiger partial charge is 0.344 e. The number of thiazole rings is 1. The van der Waals surface area contributed by atoms with Crippen molar-refractivity contribution in [3.8, 4) is 0 Å². The first-order chi connectivity index (χ1) is 8.65. The molecule has 4 nitrogen and oxygen atoms in total. The zero-order valence-corrected chi connectivity index (χ0v) is 14.3. The van der Waals surface area contributed by atoms with Crippen LogP contribution in [0, 0.1) is 5.92 Å². The van der Waals surface area contributed by atoms with Crippen molar-refractivity contribution in [1.29, 1.82) is 0 Å². The Morgan fingerprint density at radius 3 is 2.85 bits per heavy atom. The molecule has 2 atom stereocenters. The summed E-state index contributed by atoms with van der Waals surface area (Å²) in [5.41, 5.74) is -0.331. The van der Waals surface area contributed by atoms with Gasteiger partial charge >= 0.3 is 0 Å². The van der Waals surface area contributed by atoms with Crippen LogP contribution in [-0.4, -0.2) is 24.0 Å². The van der Waals surface area contributed by atoms with Gasteiger partial charge in [0.15, 0.2) is 0 Å². The molecule has 7 heteroatoms. The highest BCUT2D eigenvalue weighted by Gasteiger charge is 2.32. The molecule has 0 bridgehead atoms. The van der Waals surface area contributed by atoms with Crippen LogP contribution in [0.1, 0.15) is 38.1 Å². The van der Waals surface area contributed by atoms with Crippen LogP contribution in [0.2, 0.25) is 0 Å². The highest BCUT2D eigenvalue weighted by Crippen LogP contribution is 2.27. The second-order valence-corrected chi connectivity index (χ2v) is 5.95. The van der Waals surface area contributed by atoms with Crippen LogP contribution >= 0.6 is 36.2 Å². The molecule has 116 valence electrons. The van der Waals surface area contributed by atoms with Gasteiger partial charge in [0.05, 0.1) is 11.5 Å². The fraction of sp³-hybridized carbons (Fsp3) is 0.692. The average Bonchev–Trinajstić information content (AvgIpc) is 2.94. The summed E-state index contributed by atoms with van der Waals surface area (Å²) in [5, 5.41) is 9.41. The molecular weight excluding hydrogens is 317 g/mol. The minimum Gasteiger partial charge on any atom is -0.344 e. The number of piperidine rings is 1. The van der Waals surface area contributed by atoms with Crippen molar-refractivity contribution < 1.29 is 4.79 Å². The maximum Gasteiger partial charge on any atom is 0.225 e. The summed E-state index contributed by atoms with van der Waals surface area (Å²) in [6, 6.07) is 0. The van der Waals surface area contributed by atoms with Crippen molar-refractivity contribution in [1.82, 2.24) is 15.6 Å². The fourth-order valence-corrected chi connectivity index (χ4v) is 3.07. The Kier molecular flexibility index (Phi) is 8.66. The Morgan fingerprint density at radius 2 is 2.35 bits per heavy atom. The summed E-state index contributed by atoms with van der Waals surface area (Å²) >= 11 is 1.60. The third-order valence-corrected chi connectivity index (χ3v) is 4.72. The van der Waals surface area contributed by atoms with Crippen LogP contribution in [0.5, 0.6) is 0 Å². The number of amides is 1. The molecular formula is C13H23Cl2N3OS. The zero-order valence-electron chi connectivity index (χ0n) is 11.8. The molecule has 1 fully saturated rings. The van der Waals surface area contributed by atoms with E-state index in [0.29, 0.717) is 0 Å². The Bertz CT molecular complexity index is 396. The summed E-state index contributed by atoms with van der Waals surface area (Å²) in [6.45, 7) is 5.96. The van der Waals surface area contributed by atoms with Gasteiger partial charge in [0.2, 0.25) is 5.91 Å². The third-order valence-electron chi connectivity index (χ3n) is 3.68. The lowest BCUT2D eigenvalue weighted by molar-refractivity contribution is -0.127. The molecule has 2 rings (SSSR count). The Hall–Kier alpha value is -0.360. The Balaban J connectivity index is 0.00000180. The van der Waals surface area contributed by atoms with Crippen LogP contribution < -0.4 is 10.6 Å². The minimum absolute atomic E-state index is 0. The first-order valence-corrected chi connectivity index (χ1v) is 7.46. The van der Waals surface area contributed by atoms with Crippen molar-refractivity contribution in [3.63, 3.8) is 0 Å². The Labute approximate surface area is 137 Å².